The highest BCUT2D eigenvalue weighted by Crippen LogP contribution is 2.47. The molecule has 1 saturated heterocycles. The fraction of sp³-hybridized carbons (Fsp3) is 0.938. The summed E-state index contributed by atoms with van der Waals surface area (Å²) in [6, 6.07) is 0. The fourth-order valence-corrected chi connectivity index (χ4v) is 4.51. The van der Waals surface area contributed by atoms with Gasteiger partial charge in [-0.3, -0.25) is 4.79 Å². The Balaban J connectivity index is 1.70. The van der Waals surface area contributed by atoms with E-state index in [0.717, 1.165) is 32.3 Å². The first-order chi connectivity index (χ1) is 8.64. The molecule has 2 aliphatic carbocycles. The molecule has 3 aliphatic rings. The van der Waals surface area contributed by atoms with Gasteiger partial charge in [-0.2, -0.15) is 0 Å². The number of hydrogen-bond acceptors (Lipinski definition) is 2. The van der Waals surface area contributed by atoms with E-state index in [9.17, 15) is 4.79 Å². The molecular formula is C16H26O2. The summed E-state index contributed by atoms with van der Waals surface area (Å²) in [5.41, 5.74) is 0.0926. The van der Waals surface area contributed by atoms with Gasteiger partial charge in [-0.25, -0.2) is 0 Å². The molecule has 0 aromatic heterocycles. The molecule has 0 radical (unpaired) electrons. The third-order valence-corrected chi connectivity index (χ3v) is 5.68. The summed E-state index contributed by atoms with van der Waals surface area (Å²) in [6.07, 6.45) is 11.7. The van der Waals surface area contributed by atoms with Crippen LogP contribution < -0.4 is 0 Å². The molecule has 2 heteroatoms. The van der Waals surface area contributed by atoms with Crippen molar-refractivity contribution in [1.29, 1.82) is 0 Å². The van der Waals surface area contributed by atoms with Crippen molar-refractivity contribution in [3.05, 3.63) is 0 Å². The first-order valence-electron chi connectivity index (χ1n) is 7.82. The molecule has 1 atom stereocenters. The van der Waals surface area contributed by atoms with Crippen molar-refractivity contribution in [3.63, 3.8) is 0 Å². The third-order valence-electron chi connectivity index (χ3n) is 5.68. The van der Waals surface area contributed by atoms with Crippen LogP contribution in [0.3, 0.4) is 0 Å². The average molecular weight is 250 g/mol. The first-order valence-corrected chi connectivity index (χ1v) is 7.82. The summed E-state index contributed by atoms with van der Waals surface area (Å²) < 4.78 is 6.05. The van der Waals surface area contributed by atoms with Crippen molar-refractivity contribution in [1.82, 2.24) is 0 Å². The molecule has 0 aromatic carbocycles. The van der Waals surface area contributed by atoms with Gasteiger partial charge in [-0.1, -0.05) is 32.6 Å². The van der Waals surface area contributed by atoms with Crippen LogP contribution in [0.5, 0.6) is 0 Å². The Bertz CT molecular complexity index is 322. The minimum atomic E-state index is 0.00179. The van der Waals surface area contributed by atoms with Crippen molar-refractivity contribution in [2.75, 3.05) is 6.61 Å². The molecule has 2 saturated carbocycles. The van der Waals surface area contributed by atoms with Crippen molar-refractivity contribution in [2.24, 2.45) is 11.3 Å². The summed E-state index contributed by atoms with van der Waals surface area (Å²) in [4.78, 5) is 12.8. The summed E-state index contributed by atoms with van der Waals surface area (Å²) in [5.74, 6) is 0.856. The van der Waals surface area contributed by atoms with Crippen LogP contribution in [0, 0.1) is 11.3 Å². The Hall–Kier alpha value is -0.370. The molecule has 0 N–H and O–H groups in total. The zero-order valence-electron chi connectivity index (χ0n) is 11.7. The highest BCUT2D eigenvalue weighted by Gasteiger charge is 2.46. The topological polar surface area (TPSA) is 26.3 Å². The van der Waals surface area contributed by atoms with Crippen LogP contribution in [0.25, 0.3) is 0 Å². The van der Waals surface area contributed by atoms with E-state index < -0.39 is 0 Å². The standard InChI is InChI=1S/C16H26O2/c1-15(7-2-3-8-15)14(17)13-6-11-18-16(12-13)9-4-5-10-16/h13H,2-12H2,1H3. The van der Waals surface area contributed by atoms with Crippen molar-refractivity contribution in [3.8, 4) is 0 Å². The lowest BCUT2D eigenvalue weighted by molar-refractivity contribution is -0.144. The molecular weight excluding hydrogens is 224 g/mol. The van der Waals surface area contributed by atoms with Crippen molar-refractivity contribution in [2.45, 2.75) is 76.7 Å². The number of hydrogen-bond donors (Lipinski definition) is 0. The molecule has 1 spiro atoms. The molecule has 0 amide bonds. The van der Waals surface area contributed by atoms with Crippen LogP contribution in [0.4, 0.5) is 0 Å². The second-order valence-electron chi connectivity index (χ2n) is 7.06. The van der Waals surface area contributed by atoms with Gasteiger partial charge in [0, 0.05) is 17.9 Å². The van der Waals surface area contributed by atoms with Crippen LogP contribution in [-0.2, 0) is 9.53 Å². The van der Waals surface area contributed by atoms with Gasteiger partial charge in [0.1, 0.15) is 5.78 Å². The number of carbonyl (C=O) groups is 1. The van der Waals surface area contributed by atoms with E-state index in [-0.39, 0.29) is 11.0 Å². The largest absolute Gasteiger partial charge is 0.375 e. The Labute approximate surface area is 110 Å². The Morgan fingerprint density at radius 2 is 1.67 bits per heavy atom. The van der Waals surface area contributed by atoms with Gasteiger partial charge in [0.15, 0.2) is 0 Å². The quantitative estimate of drug-likeness (QED) is 0.743. The minimum Gasteiger partial charge on any atom is -0.375 e. The van der Waals surface area contributed by atoms with Crippen molar-refractivity contribution >= 4 is 5.78 Å². The van der Waals surface area contributed by atoms with Crippen LogP contribution >= 0.6 is 0 Å². The number of ether oxygens (including phenoxy) is 1. The van der Waals surface area contributed by atoms with Gasteiger partial charge < -0.3 is 4.74 Å². The SMILES string of the molecule is CC1(C(=O)C2CCOC3(CCCC3)C2)CCCC1. The minimum absolute atomic E-state index is 0.00179. The lowest BCUT2D eigenvalue weighted by atomic mass is 9.72. The average Bonchev–Trinajstić information content (AvgIpc) is 2.99. The number of carbonyl (C=O) groups excluding carboxylic acids is 1. The van der Waals surface area contributed by atoms with Gasteiger partial charge in [0.05, 0.1) is 5.60 Å². The van der Waals surface area contributed by atoms with E-state index in [1.54, 1.807) is 0 Å². The summed E-state index contributed by atoms with van der Waals surface area (Å²) >= 11 is 0. The van der Waals surface area contributed by atoms with E-state index in [0.29, 0.717) is 11.7 Å². The second-order valence-corrected chi connectivity index (χ2v) is 7.06. The van der Waals surface area contributed by atoms with Crippen LogP contribution in [-0.4, -0.2) is 18.0 Å². The summed E-state index contributed by atoms with van der Waals surface area (Å²) in [5, 5.41) is 0. The summed E-state index contributed by atoms with van der Waals surface area (Å²) in [6.45, 7) is 3.02. The molecule has 2 nitrogen and oxygen atoms in total. The zero-order chi connectivity index (χ0) is 12.6. The van der Waals surface area contributed by atoms with Crippen LogP contribution in [0.15, 0.2) is 0 Å². The van der Waals surface area contributed by atoms with E-state index in [2.05, 4.69) is 6.92 Å². The number of Topliss-reactive ketones (excluding diaryl/α,β-unsaturated/α-hetero) is 1. The molecule has 0 aromatic rings. The predicted molar refractivity (Wildman–Crippen MR) is 71.5 cm³/mol. The first kappa shape index (κ1) is 12.7. The molecule has 1 aliphatic heterocycles. The highest BCUT2D eigenvalue weighted by atomic mass is 16.5. The smallest absolute Gasteiger partial charge is 0.142 e. The van der Waals surface area contributed by atoms with Crippen LogP contribution in [0.1, 0.15) is 71.1 Å². The monoisotopic (exact) mass is 250 g/mol. The molecule has 18 heavy (non-hydrogen) atoms. The van der Waals surface area contributed by atoms with E-state index in [1.165, 1.54) is 38.5 Å². The Morgan fingerprint density at radius 1 is 1.06 bits per heavy atom. The maximum absolute atomic E-state index is 12.8. The van der Waals surface area contributed by atoms with Gasteiger partial charge in [-0.15, -0.1) is 0 Å². The Kier molecular flexibility index (Phi) is 3.25. The van der Waals surface area contributed by atoms with Gasteiger partial charge >= 0.3 is 0 Å². The number of ketones is 1. The molecule has 1 heterocycles. The molecule has 102 valence electrons. The molecule has 3 fully saturated rings. The van der Waals surface area contributed by atoms with Gasteiger partial charge in [-0.05, 0) is 38.5 Å². The summed E-state index contributed by atoms with van der Waals surface area (Å²) in [7, 11) is 0. The second kappa shape index (κ2) is 4.63. The van der Waals surface area contributed by atoms with E-state index >= 15 is 0 Å². The molecule has 3 rings (SSSR count). The maximum Gasteiger partial charge on any atom is 0.142 e. The van der Waals surface area contributed by atoms with Crippen LogP contribution in [0.2, 0.25) is 0 Å². The molecule has 0 bridgehead atoms. The normalized spacial score (nSPS) is 33.9. The lowest BCUT2D eigenvalue weighted by Crippen LogP contribution is -2.43. The lowest BCUT2D eigenvalue weighted by Gasteiger charge is -2.40. The van der Waals surface area contributed by atoms with Gasteiger partial charge in [0.2, 0.25) is 0 Å². The van der Waals surface area contributed by atoms with E-state index in [1.807, 2.05) is 0 Å². The molecule has 1 unspecified atom stereocenters. The predicted octanol–water partition coefficient (Wildman–Crippen LogP) is 3.88. The van der Waals surface area contributed by atoms with Gasteiger partial charge in [0.25, 0.3) is 0 Å². The number of rotatable bonds is 2. The van der Waals surface area contributed by atoms with E-state index in [4.69, 9.17) is 4.74 Å². The Morgan fingerprint density at radius 3 is 2.33 bits per heavy atom. The fourth-order valence-electron chi connectivity index (χ4n) is 4.51. The van der Waals surface area contributed by atoms with Crippen molar-refractivity contribution < 1.29 is 9.53 Å². The zero-order valence-corrected chi connectivity index (χ0v) is 11.7. The highest BCUT2D eigenvalue weighted by molar-refractivity contribution is 5.87. The third kappa shape index (κ3) is 2.13. The maximum atomic E-state index is 12.8.